The van der Waals surface area contributed by atoms with Gasteiger partial charge in [0.25, 0.3) is 0 Å². The van der Waals surface area contributed by atoms with Crippen molar-refractivity contribution in [2.45, 2.75) is 24.8 Å². The summed E-state index contributed by atoms with van der Waals surface area (Å²) in [7, 11) is 0. The summed E-state index contributed by atoms with van der Waals surface area (Å²) in [4.78, 5) is 33.0. The Balaban J connectivity index is 0. The van der Waals surface area contributed by atoms with Crippen LogP contribution in [0.2, 0.25) is 0 Å². The van der Waals surface area contributed by atoms with Crippen molar-refractivity contribution in [3.8, 4) is 5.75 Å². The molecule has 114 valence electrons. The van der Waals surface area contributed by atoms with Crippen LogP contribution >= 0.6 is 11.8 Å². The molecule has 0 saturated heterocycles. The van der Waals surface area contributed by atoms with Crippen molar-refractivity contribution < 1.29 is 83.7 Å². The first-order chi connectivity index (χ1) is 9.79. The predicted molar refractivity (Wildman–Crippen MR) is 73.5 cm³/mol. The number of carboxylic acid groups (broad SMARTS) is 1. The van der Waals surface area contributed by atoms with Crippen LogP contribution in [0.15, 0.2) is 23.1 Å². The largest absolute Gasteiger partial charge is 1.00 e. The minimum absolute atomic E-state index is 0. The molecule has 0 fully saturated rings. The topological polar surface area (TPSA) is 121 Å². The van der Waals surface area contributed by atoms with Gasteiger partial charge in [-0.05, 0) is 12.1 Å². The number of amides is 2. The van der Waals surface area contributed by atoms with E-state index in [1.807, 2.05) is 0 Å². The van der Waals surface area contributed by atoms with Gasteiger partial charge in [-0.1, -0.05) is 11.8 Å². The second-order valence-corrected chi connectivity index (χ2v) is 5.29. The summed E-state index contributed by atoms with van der Waals surface area (Å²) in [6, 6.07) is 2.99. The van der Waals surface area contributed by atoms with Crippen molar-refractivity contribution in [3.05, 3.63) is 18.2 Å². The van der Waals surface area contributed by atoms with E-state index in [0.29, 0.717) is 5.69 Å². The zero-order chi connectivity index (χ0) is 16.0. The second-order valence-electron chi connectivity index (χ2n) is 4.23. The van der Waals surface area contributed by atoms with Crippen molar-refractivity contribution in [3.63, 3.8) is 0 Å². The molecule has 0 bridgehead atoms. The van der Waals surface area contributed by atoms with Crippen LogP contribution in [-0.2, 0) is 14.4 Å². The molecule has 7 nitrogen and oxygen atoms in total. The minimum Gasteiger partial charge on any atom is -0.872 e. The molecule has 0 aromatic heterocycles. The van der Waals surface area contributed by atoms with E-state index in [2.05, 4.69) is 10.6 Å². The molecule has 1 atom stereocenters. The van der Waals surface area contributed by atoms with Gasteiger partial charge in [-0.25, -0.2) is 0 Å². The van der Waals surface area contributed by atoms with E-state index >= 15 is 0 Å². The summed E-state index contributed by atoms with van der Waals surface area (Å²) in [5.41, 5.74) is 0.439. The summed E-state index contributed by atoms with van der Waals surface area (Å²) in [6.07, 6.45) is 0. The number of nitrogens with one attached hydrogen (secondary N) is 2. The Morgan fingerprint density at radius 1 is 1.17 bits per heavy atom. The van der Waals surface area contributed by atoms with E-state index in [9.17, 15) is 24.6 Å². The zero-order valence-corrected chi connectivity index (χ0v) is 18.3. The second kappa shape index (κ2) is 12.2. The number of hydrogen-bond donors (Lipinski definition) is 2. The van der Waals surface area contributed by atoms with Crippen LogP contribution in [0.5, 0.6) is 5.75 Å². The first kappa shape index (κ1) is 25.0. The van der Waals surface area contributed by atoms with Crippen LogP contribution in [0, 0.1) is 0 Å². The molecule has 2 amide bonds. The van der Waals surface area contributed by atoms with E-state index in [4.69, 9.17) is 0 Å². The smallest absolute Gasteiger partial charge is 0.872 e. The number of carbonyl (C=O) groups excluding carboxylic acids is 3. The van der Waals surface area contributed by atoms with Gasteiger partial charge in [0.05, 0.1) is 12.0 Å². The fraction of sp³-hybridized carbons (Fsp3) is 0.308. The van der Waals surface area contributed by atoms with Gasteiger partial charge in [0.15, 0.2) is 0 Å². The van der Waals surface area contributed by atoms with E-state index in [-0.39, 0.29) is 81.4 Å². The summed E-state index contributed by atoms with van der Waals surface area (Å²) >= 11 is 0.967. The van der Waals surface area contributed by atoms with Crippen LogP contribution in [0.3, 0.4) is 0 Å². The molecule has 2 N–H and O–H groups in total. The number of benzene rings is 1. The molecule has 0 aliphatic carbocycles. The van der Waals surface area contributed by atoms with Crippen LogP contribution < -0.4 is 80.0 Å². The molecule has 0 radical (unpaired) electrons. The third kappa shape index (κ3) is 9.61. The van der Waals surface area contributed by atoms with Gasteiger partial charge in [0, 0.05) is 30.2 Å². The standard InChI is InChI=1S/C13H16N2O5S.2Na/c1-7(16)14-9-3-4-11(18)12(5-9)21-6-10(13(19)20)15-8(2)17;;/h3-5,10,18H,6H2,1-2H3,(H,14,16)(H,15,17)(H,19,20);;/q;2*+1/p-2/t10-;;/m0../s1. The van der Waals surface area contributed by atoms with Crippen molar-refractivity contribution >= 4 is 35.2 Å². The van der Waals surface area contributed by atoms with Gasteiger partial charge in [-0.2, -0.15) is 0 Å². The number of carboxylic acids is 1. The van der Waals surface area contributed by atoms with Crippen molar-refractivity contribution in [1.29, 1.82) is 0 Å². The van der Waals surface area contributed by atoms with Crippen LogP contribution in [0.4, 0.5) is 5.69 Å². The van der Waals surface area contributed by atoms with E-state index in [1.54, 1.807) is 0 Å². The Bertz CT molecular complexity index is 571. The normalized spacial score (nSPS) is 10.5. The number of hydrogen-bond acceptors (Lipinski definition) is 6. The van der Waals surface area contributed by atoms with E-state index in [1.165, 1.54) is 32.0 Å². The maximum atomic E-state index is 11.7. The molecule has 1 aromatic carbocycles. The number of anilines is 1. The molecule has 0 heterocycles. The molecule has 0 spiro atoms. The average Bonchev–Trinajstić information content (AvgIpc) is 2.36. The number of rotatable bonds is 6. The molecule has 1 rings (SSSR count). The molecule has 0 unspecified atom stereocenters. The SMILES string of the molecule is CC(=O)Nc1ccc([O-])c(SC[C@H](NC(C)=O)C(=O)[O-])c1.[Na+].[Na+]. The minimum atomic E-state index is -1.43. The Hall–Kier alpha value is -0.220. The maximum Gasteiger partial charge on any atom is 1.00 e. The van der Waals surface area contributed by atoms with Crippen LogP contribution in [0.1, 0.15) is 13.8 Å². The molecular formula is C13H14N2Na2O5S. The number of aliphatic carboxylic acids is 1. The zero-order valence-electron chi connectivity index (χ0n) is 13.5. The van der Waals surface area contributed by atoms with Crippen molar-refractivity contribution in [2.24, 2.45) is 0 Å². The number of thioether (sulfide) groups is 1. The molecular weight excluding hydrogens is 342 g/mol. The fourth-order valence-corrected chi connectivity index (χ4v) is 2.48. The van der Waals surface area contributed by atoms with E-state index < -0.39 is 17.9 Å². The number of carbonyl (C=O) groups is 3. The Morgan fingerprint density at radius 3 is 2.26 bits per heavy atom. The van der Waals surface area contributed by atoms with E-state index in [0.717, 1.165) is 11.8 Å². The first-order valence-corrected chi connectivity index (χ1v) is 6.97. The first-order valence-electron chi connectivity index (χ1n) is 5.99. The Labute approximate surface area is 182 Å². The molecule has 23 heavy (non-hydrogen) atoms. The van der Waals surface area contributed by atoms with Crippen molar-refractivity contribution in [1.82, 2.24) is 5.32 Å². The summed E-state index contributed by atoms with van der Waals surface area (Å²) in [5, 5.41) is 27.3. The summed E-state index contributed by atoms with van der Waals surface area (Å²) in [5.74, 6) is -2.56. The Kier molecular flexibility index (Phi) is 13.3. The molecule has 0 aliphatic rings. The van der Waals surface area contributed by atoms with Gasteiger partial charge in [0.2, 0.25) is 11.8 Å². The summed E-state index contributed by atoms with van der Waals surface area (Å²) in [6.45, 7) is 2.53. The third-order valence-electron chi connectivity index (χ3n) is 2.33. The molecule has 10 heteroatoms. The van der Waals surface area contributed by atoms with Gasteiger partial charge >= 0.3 is 59.1 Å². The third-order valence-corrected chi connectivity index (χ3v) is 3.46. The average molecular weight is 356 g/mol. The molecule has 0 aliphatic heterocycles. The molecule has 1 aromatic rings. The van der Waals surface area contributed by atoms with Crippen molar-refractivity contribution in [2.75, 3.05) is 11.1 Å². The monoisotopic (exact) mass is 356 g/mol. The fourth-order valence-electron chi connectivity index (χ4n) is 1.49. The van der Waals surface area contributed by atoms with Gasteiger partial charge in [0.1, 0.15) is 0 Å². The van der Waals surface area contributed by atoms with Crippen LogP contribution in [-0.4, -0.2) is 29.6 Å². The Morgan fingerprint density at radius 2 is 1.78 bits per heavy atom. The van der Waals surface area contributed by atoms with Gasteiger partial charge < -0.3 is 25.6 Å². The summed E-state index contributed by atoms with van der Waals surface area (Å²) < 4.78 is 0. The van der Waals surface area contributed by atoms with Gasteiger partial charge in [-0.15, -0.1) is 11.8 Å². The maximum absolute atomic E-state index is 11.7. The quantitative estimate of drug-likeness (QED) is 0.386. The predicted octanol–water partition coefficient (Wildman–Crippen LogP) is -6.93. The van der Waals surface area contributed by atoms with Crippen LogP contribution in [0.25, 0.3) is 0 Å². The van der Waals surface area contributed by atoms with Gasteiger partial charge in [-0.3, -0.25) is 9.59 Å². The molecule has 0 saturated carbocycles.